The molecule has 0 atom stereocenters. The highest BCUT2D eigenvalue weighted by molar-refractivity contribution is 5.45. The van der Waals surface area contributed by atoms with Crippen molar-refractivity contribution in [1.29, 1.82) is 0 Å². The van der Waals surface area contributed by atoms with Crippen molar-refractivity contribution in [3.05, 3.63) is 65.5 Å². The van der Waals surface area contributed by atoms with E-state index in [1.807, 2.05) is 19.2 Å². The van der Waals surface area contributed by atoms with Crippen LogP contribution in [0.3, 0.4) is 0 Å². The van der Waals surface area contributed by atoms with Gasteiger partial charge in [-0.3, -0.25) is 0 Å². The van der Waals surface area contributed by atoms with Crippen LogP contribution in [-0.4, -0.2) is 25.0 Å². The summed E-state index contributed by atoms with van der Waals surface area (Å²) in [5.41, 5.74) is 3.40. The van der Waals surface area contributed by atoms with E-state index in [0.29, 0.717) is 0 Å². The van der Waals surface area contributed by atoms with Crippen molar-refractivity contribution in [1.82, 2.24) is 4.90 Å². The molecular formula is C17H21FN2. The number of aryl methyl sites for hydroxylation is 1. The van der Waals surface area contributed by atoms with E-state index < -0.39 is 0 Å². The molecule has 20 heavy (non-hydrogen) atoms. The van der Waals surface area contributed by atoms with Gasteiger partial charge in [0.1, 0.15) is 5.82 Å². The van der Waals surface area contributed by atoms with Gasteiger partial charge in [-0.15, -0.1) is 0 Å². The molecule has 3 heteroatoms. The van der Waals surface area contributed by atoms with Crippen LogP contribution in [0.4, 0.5) is 10.1 Å². The van der Waals surface area contributed by atoms with Gasteiger partial charge >= 0.3 is 0 Å². The van der Waals surface area contributed by atoms with E-state index in [1.54, 1.807) is 12.1 Å². The molecule has 2 aromatic carbocycles. The number of anilines is 1. The Bertz CT molecular complexity index is 554. The van der Waals surface area contributed by atoms with E-state index in [1.165, 1.54) is 11.6 Å². The van der Waals surface area contributed by atoms with Crippen molar-refractivity contribution >= 4 is 5.69 Å². The lowest BCUT2D eigenvalue weighted by molar-refractivity contribution is 0.339. The zero-order chi connectivity index (χ0) is 14.4. The van der Waals surface area contributed by atoms with Crippen LogP contribution in [0, 0.1) is 12.7 Å². The summed E-state index contributed by atoms with van der Waals surface area (Å²) in [5, 5.41) is 3.40. The van der Waals surface area contributed by atoms with E-state index in [4.69, 9.17) is 0 Å². The summed E-state index contributed by atoms with van der Waals surface area (Å²) in [5.74, 6) is -0.172. The van der Waals surface area contributed by atoms with Crippen molar-refractivity contribution in [2.75, 3.05) is 25.5 Å². The Morgan fingerprint density at radius 1 is 1.10 bits per heavy atom. The summed E-state index contributed by atoms with van der Waals surface area (Å²) in [4.78, 5) is 2.18. The molecule has 0 aromatic heterocycles. The van der Waals surface area contributed by atoms with Crippen LogP contribution in [0.2, 0.25) is 0 Å². The topological polar surface area (TPSA) is 15.3 Å². The number of hydrogen-bond donors (Lipinski definition) is 1. The predicted molar refractivity (Wildman–Crippen MR) is 82.4 cm³/mol. The number of benzene rings is 2. The van der Waals surface area contributed by atoms with Gasteiger partial charge in [-0.25, -0.2) is 4.39 Å². The minimum atomic E-state index is -0.172. The fraction of sp³-hybridized carbons (Fsp3) is 0.294. The minimum absolute atomic E-state index is 0.172. The largest absolute Gasteiger partial charge is 0.384 e. The van der Waals surface area contributed by atoms with Gasteiger partial charge in [-0.2, -0.15) is 0 Å². The van der Waals surface area contributed by atoms with Crippen LogP contribution in [0.1, 0.15) is 11.1 Å². The molecule has 0 saturated carbocycles. The summed E-state index contributed by atoms with van der Waals surface area (Å²) in [6.45, 7) is 4.62. The average Bonchev–Trinajstić information content (AvgIpc) is 2.38. The Labute approximate surface area is 120 Å². The van der Waals surface area contributed by atoms with E-state index in [2.05, 4.69) is 35.3 Å². The molecule has 0 aliphatic heterocycles. The van der Waals surface area contributed by atoms with E-state index in [0.717, 1.165) is 30.9 Å². The summed E-state index contributed by atoms with van der Waals surface area (Å²) in [6, 6.07) is 15.1. The van der Waals surface area contributed by atoms with Crippen molar-refractivity contribution < 1.29 is 4.39 Å². The predicted octanol–water partition coefficient (Wildman–Crippen LogP) is 3.68. The van der Waals surface area contributed by atoms with Crippen molar-refractivity contribution in [2.24, 2.45) is 0 Å². The first kappa shape index (κ1) is 14.5. The molecule has 2 rings (SSSR count). The molecule has 0 fully saturated rings. The molecule has 0 spiro atoms. The molecule has 1 N–H and O–H groups in total. The first-order chi connectivity index (χ1) is 9.63. The van der Waals surface area contributed by atoms with Crippen LogP contribution in [-0.2, 0) is 6.54 Å². The number of hydrogen-bond acceptors (Lipinski definition) is 2. The molecule has 0 unspecified atom stereocenters. The normalized spacial score (nSPS) is 10.8. The third kappa shape index (κ3) is 4.67. The Kier molecular flexibility index (Phi) is 5.13. The second-order valence-corrected chi connectivity index (χ2v) is 5.16. The summed E-state index contributed by atoms with van der Waals surface area (Å²) < 4.78 is 13.1. The molecule has 0 radical (unpaired) electrons. The van der Waals surface area contributed by atoms with Gasteiger partial charge in [0.2, 0.25) is 0 Å². The van der Waals surface area contributed by atoms with Crippen molar-refractivity contribution in [3.63, 3.8) is 0 Å². The fourth-order valence-corrected chi connectivity index (χ4v) is 2.17. The van der Waals surface area contributed by atoms with E-state index in [-0.39, 0.29) is 5.82 Å². The zero-order valence-electron chi connectivity index (χ0n) is 12.1. The van der Waals surface area contributed by atoms with Crippen molar-refractivity contribution in [2.45, 2.75) is 13.5 Å². The van der Waals surface area contributed by atoms with Crippen molar-refractivity contribution in [3.8, 4) is 0 Å². The maximum absolute atomic E-state index is 13.1. The lowest BCUT2D eigenvalue weighted by Crippen LogP contribution is -2.24. The Balaban J connectivity index is 1.76. The monoisotopic (exact) mass is 272 g/mol. The SMILES string of the molecule is Cc1cccc(NCCN(C)Cc2cccc(F)c2)c1. The Hall–Kier alpha value is -1.87. The van der Waals surface area contributed by atoms with Gasteiger partial charge in [-0.1, -0.05) is 24.3 Å². The van der Waals surface area contributed by atoms with Gasteiger partial charge in [0, 0.05) is 25.3 Å². The van der Waals surface area contributed by atoms with Gasteiger partial charge in [0.15, 0.2) is 0 Å². The quantitative estimate of drug-likeness (QED) is 0.863. The number of nitrogens with zero attached hydrogens (tertiary/aromatic N) is 1. The van der Waals surface area contributed by atoms with Crippen LogP contribution < -0.4 is 5.32 Å². The second kappa shape index (κ2) is 7.06. The first-order valence-corrected chi connectivity index (χ1v) is 6.87. The highest BCUT2D eigenvalue weighted by atomic mass is 19.1. The van der Waals surface area contributed by atoms with Crippen LogP contribution >= 0.6 is 0 Å². The number of halogens is 1. The van der Waals surface area contributed by atoms with Crippen LogP contribution in [0.15, 0.2) is 48.5 Å². The molecule has 2 aromatic rings. The Morgan fingerprint density at radius 3 is 2.65 bits per heavy atom. The molecule has 0 bridgehead atoms. The molecule has 0 saturated heterocycles. The molecule has 0 aliphatic rings. The highest BCUT2D eigenvalue weighted by Crippen LogP contribution is 2.09. The number of likely N-dealkylation sites (N-methyl/N-ethyl adjacent to an activating group) is 1. The molecule has 2 nitrogen and oxygen atoms in total. The molecule has 0 aliphatic carbocycles. The van der Waals surface area contributed by atoms with Gasteiger partial charge in [-0.05, 0) is 49.4 Å². The fourth-order valence-electron chi connectivity index (χ4n) is 2.17. The summed E-state index contributed by atoms with van der Waals surface area (Å²) in [6.07, 6.45) is 0. The third-order valence-corrected chi connectivity index (χ3v) is 3.18. The highest BCUT2D eigenvalue weighted by Gasteiger charge is 2.01. The maximum atomic E-state index is 13.1. The average molecular weight is 272 g/mol. The number of nitrogens with one attached hydrogen (secondary N) is 1. The molecule has 0 amide bonds. The molecule has 106 valence electrons. The molecular weight excluding hydrogens is 251 g/mol. The maximum Gasteiger partial charge on any atom is 0.123 e. The lowest BCUT2D eigenvalue weighted by atomic mass is 10.2. The second-order valence-electron chi connectivity index (χ2n) is 5.16. The number of rotatable bonds is 6. The van der Waals surface area contributed by atoms with Gasteiger partial charge in [0.25, 0.3) is 0 Å². The molecule has 0 heterocycles. The zero-order valence-corrected chi connectivity index (χ0v) is 12.1. The Morgan fingerprint density at radius 2 is 1.90 bits per heavy atom. The van der Waals surface area contributed by atoms with Crippen LogP contribution in [0.25, 0.3) is 0 Å². The van der Waals surface area contributed by atoms with Crippen LogP contribution in [0.5, 0.6) is 0 Å². The standard InChI is InChI=1S/C17H21FN2/c1-14-5-3-8-17(11-14)19-9-10-20(2)13-15-6-4-7-16(18)12-15/h3-8,11-12,19H,9-10,13H2,1-2H3. The third-order valence-electron chi connectivity index (χ3n) is 3.18. The first-order valence-electron chi connectivity index (χ1n) is 6.87. The van der Waals surface area contributed by atoms with E-state index >= 15 is 0 Å². The minimum Gasteiger partial charge on any atom is -0.384 e. The summed E-state index contributed by atoms with van der Waals surface area (Å²) in [7, 11) is 2.04. The lowest BCUT2D eigenvalue weighted by Gasteiger charge is -2.17. The van der Waals surface area contributed by atoms with Gasteiger partial charge < -0.3 is 10.2 Å². The summed E-state index contributed by atoms with van der Waals surface area (Å²) >= 11 is 0. The van der Waals surface area contributed by atoms with E-state index in [9.17, 15) is 4.39 Å². The van der Waals surface area contributed by atoms with Gasteiger partial charge in [0.05, 0.1) is 0 Å². The smallest absolute Gasteiger partial charge is 0.123 e.